The van der Waals surface area contributed by atoms with Gasteiger partial charge in [0.2, 0.25) is 0 Å². The molecule has 1 nitrogen and oxygen atoms in total. The molecule has 0 radical (unpaired) electrons. The lowest BCUT2D eigenvalue weighted by Crippen LogP contribution is -2.23. The molecule has 0 aromatic heterocycles. The molecule has 0 aromatic carbocycles. The van der Waals surface area contributed by atoms with Crippen molar-refractivity contribution in [1.29, 1.82) is 0 Å². The second-order valence-electron chi connectivity index (χ2n) is 3.28. The smallest absolute Gasteiger partial charge is 0.136 e. The molecule has 0 spiro atoms. The molecule has 3 heteroatoms. The normalized spacial score (nSPS) is 24.2. The molecule has 62 valence electrons. The van der Waals surface area contributed by atoms with E-state index >= 15 is 0 Å². The van der Waals surface area contributed by atoms with Crippen LogP contribution in [0.2, 0.25) is 0 Å². The highest BCUT2D eigenvalue weighted by Gasteiger charge is 2.26. The number of hydrogen-bond acceptors (Lipinski definition) is 2. The van der Waals surface area contributed by atoms with Gasteiger partial charge in [-0.2, -0.15) is 0 Å². The monoisotopic (exact) mass is 187 g/mol. The summed E-state index contributed by atoms with van der Waals surface area (Å²) in [6, 6.07) is 0. The van der Waals surface area contributed by atoms with Crippen molar-refractivity contribution in [3.05, 3.63) is 0 Å². The molecule has 1 heterocycles. The van der Waals surface area contributed by atoms with Gasteiger partial charge in [-0.05, 0) is 25.7 Å². The van der Waals surface area contributed by atoms with E-state index in [4.69, 9.17) is 12.2 Å². The summed E-state index contributed by atoms with van der Waals surface area (Å²) in [7, 11) is 0. The van der Waals surface area contributed by atoms with Gasteiger partial charge in [0.05, 0.1) is 0 Å². The first-order valence-corrected chi connectivity index (χ1v) is 5.60. The van der Waals surface area contributed by atoms with Crippen LogP contribution in [-0.2, 0) is 0 Å². The summed E-state index contributed by atoms with van der Waals surface area (Å²) >= 11 is 7.24. The molecule has 0 atom stereocenters. The van der Waals surface area contributed by atoms with Gasteiger partial charge in [-0.15, -0.1) is 0 Å². The quantitative estimate of drug-likeness (QED) is 0.580. The van der Waals surface area contributed by atoms with Crippen molar-refractivity contribution in [3.8, 4) is 0 Å². The van der Waals surface area contributed by atoms with Crippen molar-refractivity contribution in [2.45, 2.75) is 30.9 Å². The third-order valence-electron chi connectivity index (χ3n) is 2.16. The van der Waals surface area contributed by atoms with E-state index in [1.165, 1.54) is 38.8 Å². The van der Waals surface area contributed by atoms with Crippen molar-refractivity contribution in [1.82, 2.24) is 4.90 Å². The summed E-state index contributed by atoms with van der Waals surface area (Å²) in [5, 5.41) is 0.878. The predicted octanol–water partition coefficient (Wildman–Crippen LogP) is 2.26. The van der Waals surface area contributed by atoms with E-state index in [9.17, 15) is 0 Å². The van der Waals surface area contributed by atoms with Crippen molar-refractivity contribution >= 4 is 28.3 Å². The first-order chi connectivity index (χ1) is 5.36. The first-order valence-electron chi connectivity index (χ1n) is 4.32. The second-order valence-corrected chi connectivity index (χ2v) is 5.21. The lowest BCUT2D eigenvalue weighted by atomic mass is 10.4. The second kappa shape index (κ2) is 3.31. The van der Waals surface area contributed by atoms with E-state index in [1.807, 2.05) is 11.8 Å². The molecule has 2 fully saturated rings. The highest BCUT2D eigenvalue weighted by atomic mass is 32.2. The fourth-order valence-corrected chi connectivity index (χ4v) is 2.88. The van der Waals surface area contributed by atoms with Gasteiger partial charge in [0.1, 0.15) is 4.32 Å². The Morgan fingerprint density at radius 1 is 1.27 bits per heavy atom. The van der Waals surface area contributed by atoms with Crippen LogP contribution in [-0.4, -0.2) is 27.6 Å². The molecule has 0 N–H and O–H groups in total. The highest BCUT2D eigenvalue weighted by molar-refractivity contribution is 8.23. The molecule has 1 aliphatic heterocycles. The van der Waals surface area contributed by atoms with Crippen LogP contribution in [0.3, 0.4) is 0 Å². The maximum Gasteiger partial charge on any atom is 0.136 e. The lowest BCUT2D eigenvalue weighted by Gasteiger charge is -2.16. The molecule has 0 bridgehead atoms. The Bertz CT molecular complexity index is 159. The Balaban J connectivity index is 1.77. The van der Waals surface area contributed by atoms with Crippen molar-refractivity contribution in [3.63, 3.8) is 0 Å². The largest absolute Gasteiger partial charge is 0.358 e. The van der Waals surface area contributed by atoms with Gasteiger partial charge < -0.3 is 4.90 Å². The molecule has 1 saturated carbocycles. The van der Waals surface area contributed by atoms with Crippen molar-refractivity contribution in [2.24, 2.45) is 0 Å². The molecule has 11 heavy (non-hydrogen) atoms. The molecule has 2 rings (SSSR count). The van der Waals surface area contributed by atoms with Gasteiger partial charge >= 0.3 is 0 Å². The van der Waals surface area contributed by atoms with Gasteiger partial charge in [0.15, 0.2) is 0 Å². The SMILES string of the molecule is S=C(SC1CC1)N1CCCC1. The Hall–Kier alpha value is 0.240. The van der Waals surface area contributed by atoms with Gasteiger partial charge in [0, 0.05) is 18.3 Å². The van der Waals surface area contributed by atoms with Crippen LogP contribution in [0.1, 0.15) is 25.7 Å². The number of likely N-dealkylation sites (tertiary alicyclic amines) is 1. The lowest BCUT2D eigenvalue weighted by molar-refractivity contribution is 0.539. The van der Waals surface area contributed by atoms with Crippen LogP contribution in [0.4, 0.5) is 0 Å². The fraction of sp³-hybridized carbons (Fsp3) is 0.875. The number of thioether (sulfide) groups is 1. The van der Waals surface area contributed by atoms with Crippen molar-refractivity contribution in [2.75, 3.05) is 13.1 Å². The molecule has 1 aliphatic carbocycles. The zero-order chi connectivity index (χ0) is 7.68. The van der Waals surface area contributed by atoms with E-state index in [0.717, 1.165) is 9.57 Å². The standard InChI is InChI=1S/C8H13NS2/c10-8(11-7-3-4-7)9-5-1-2-6-9/h7H,1-6H2. The first kappa shape index (κ1) is 7.87. The van der Waals surface area contributed by atoms with E-state index in [-0.39, 0.29) is 0 Å². The van der Waals surface area contributed by atoms with Gasteiger partial charge in [0.25, 0.3) is 0 Å². The molecular weight excluding hydrogens is 174 g/mol. The summed E-state index contributed by atoms with van der Waals surface area (Å²) in [4.78, 5) is 2.36. The molecule has 0 aromatic rings. The maximum absolute atomic E-state index is 5.32. The predicted molar refractivity (Wildman–Crippen MR) is 54.0 cm³/mol. The average molecular weight is 187 g/mol. The summed E-state index contributed by atoms with van der Waals surface area (Å²) < 4.78 is 1.16. The van der Waals surface area contributed by atoms with Crippen LogP contribution in [0.25, 0.3) is 0 Å². The van der Waals surface area contributed by atoms with Crippen LogP contribution in [0.15, 0.2) is 0 Å². The molecule has 0 amide bonds. The average Bonchev–Trinajstić information content (AvgIpc) is 2.67. The van der Waals surface area contributed by atoms with Crippen molar-refractivity contribution < 1.29 is 0 Å². The zero-order valence-corrected chi connectivity index (χ0v) is 8.22. The Labute approximate surface area is 77.5 Å². The number of rotatable bonds is 1. The van der Waals surface area contributed by atoms with Gasteiger partial charge in [-0.25, -0.2) is 0 Å². The van der Waals surface area contributed by atoms with Crippen LogP contribution in [0, 0.1) is 0 Å². The van der Waals surface area contributed by atoms with Gasteiger partial charge in [-0.1, -0.05) is 24.0 Å². The molecule has 0 unspecified atom stereocenters. The molecule has 1 saturated heterocycles. The Kier molecular flexibility index (Phi) is 2.37. The molecular formula is C8H13NS2. The minimum atomic E-state index is 0.878. The van der Waals surface area contributed by atoms with E-state index in [1.54, 1.807) is 0 Å². The van der Waals surface area contributed by atoms with Gasteiger partial charge in [-0.3, -0.25) is 0 Å². The summed E-state index contributed by atoms with van der Waals surface area (Å²) in [6.45, 7) is 2.41. The Morgan fingerprint density at radius 3 is 2.45 bits per heavy atom. The van der Waals surface area contributed by atoms with E-state index in [0.29, 0.717) is 0 Å². The minimum Gasteiger partial charge on any atom is -0.358 e. The van der Waals surface area contributed by atoms with Crippen LogP contribution in [0.5, 0.6) is 0 Å². The molecule has 2 aliphatic rings. The number of nitrogens with zero attached hydrogens (tertiary/aromatic N) is 1. The summed E-state index contributed by atoms with van der Waals surface area (Å²) in [5.41, 5.74) is 0. The van der Waals surface area contributed by atoms with Crippen LogP contribution >= 0.6 is 24.0 Å². The minimum absolute atomic E-state index is 0.878. The van der Waals surface area contributed by atoms with E-state index in [2.05, 4.69) is 4.90 Å². The zero-order valence-electron chi connectivity index (χ0n) is 6.58. The highest BCUT2D eigenvalue weighted by Crippen LogP contribution is 2.36. The summed E-state index contributed by atoms with van der Waals surface area (Å²) in [5.74, 6) is 0. The van der Waals surface area contributed by atoms with Crippen LogP contribution < -0.4 is 0 Å². The topological polar surface area (TPSA) is 3.24 Å². The maximum atomic E-state index is 5.32. The summed E-state index contributed by atoms with van der Waals surface area (Å²) in [6.07, 6.45) is 5.45. The number of hydrogen-bond donors (Lipinski definition) is 0. The third-order valence-corrected chi connectivity index (χ3v) is 3.97. The Morgan fingerprint density at radius 2 is 1.91 bits per heavy atom. The number of thiocarbonyl (C=S) groups is 1. The fourth-order valence-electron chi connectivity index (χ4n) is 1.30. The van der Waals surface area contributed by atoms with E-state index < -0.39 is 0 Å². The third kappa shape index (κ3) is 2.09.